The number of rotatable bonds is 6. The van der Waals surface area contributed by atoms with Crippen LogP contribution in [0.1, 0.15) is 24.8 Å². The van der Waals surface area contributed by atoms with E-state index >= 15 is 0 Å². The highest BCUT2D eigenvalue weighted by molar-refractivity contribution is 5.82. The van der Waals surface area contributed by atoms with Crippen LogP contribution in [-0.2, 0) is 6.42 Å². The number of benzene rings is 2. The smallest absolute Gasteiger partial charge is 0.317 e. The van der Waals surface area contributed by atoms with Crippen molar-refractivity contribution in [2.24, 2.45) is 0 Å². The zero-order valence-electron chi connectivity index (χ0n) is 12.1. The third-order valence-electron chi connectivity index (χ3n) is 3.72. The van der Waals surface area contributed by atoms with Gasteiger partial charge in [0.15, 0.2) is 0 Å². The van der Waals surface area contributed by atoms with Crippen molar-refractivity contribution in [3.8, 4) is 0 Å². The predicted molar refractivity (Wildman–Crippen MR) is 80.4 cm³/mol. The molecule has 21 heavy (non-hydrogen) atoms. The molecule has 1 nitrogen and oxygen atoms in total. The zero-order valence-corrected chi connectivity index (χ0v) is 12.1. The van der Waals surface area contributed by atoms with E-state index < -0.39 is 12.6 Å². The lowest BCUT2D eigenvalue weighted by molar-refractivity contribution is -0.135. The van der Waals surface area contributed by atoms with E-state index in [1.54, 1.807) is 7.05 Å². The van der Waals surface area contributed by atoms with Gasteiger partial charge in [-0.05, 0) is 42.6 Å². The molecule has 0 saturated carbocycles. The van der Waals surface area contributed by atoms with Crippen LogP contribution in [-0.4, -0.2) is 19.3 Å². The molecule has 2 aromatic carbocycles. The molecule has 1 atom stereocenters. The highest BCUT2D eigenvalue weighted by Gasteiger charge is 2.26. The summed E-state index contributed by atoms with van der Waals surface area (Å²) in [6, 6.07) is 14.4. The van der Waals surface area contributed by atoms with Gasteiger partial charge in [-0.25, -0.2) is 0 Å². The van der Waals surface area contributed by atoms with Crippen molar-refractivity contribution in [1.82, 2.24) is 5.32 Å². The first kappa shape index (κ1) is 15.8. The Hall–Kier alpha value is -1.55. The zero-order chi connectivity index (χ0) is 15.3. The number of likely N-dealkylation sites (N-methyl/N-ethyl adjacent to an activating group) is 1. The van der Waals surface area contributed by atoms with Crippen LogP contribution in [0.2, 0.25) is 0 Å². The molecule has 0 aliphatic heterocycles. The lowest BCUT2D eigenvalue weighted by atomic mass is 9.98. The summed E-state index contributed by atoms with van der Waals surface area (Å²) in [6.07, 6.45) is -3.31. The number of fused-ring (bicyclic) bond motifs is 1. The molecule has 0 aliphatic rings. The third kappa shape index (κ3) is 5.05. The van der Waals surface area contributed by atoms with Gasteiger partial charge in [0.2, 0.25) is 0 Å². The van der Waals surface area contributed by atoms with Crippen molar-refractivity contribution < 1.29 is 13.2 Å². The maximum Gasteiger partial charge on any atom is 0.389 e. The first-order chi connectivity index (χ1) is 9.98. The van der Waals surface area contributed by atoms with Crippen LogP contribution < -0.4 is 5.32 Å². The predicted octanol–water partition coefficient (Wildman–Crippen LogP) is 4.70. The molecule has 0 aromatic heterocycles. The minimum atomic E-state index is -4.05. The van der Waals surface area contributed by atoms with Crippen LogP contribution in [0.15, 0.2) is 42.5 Å². The fourth-order valence-electron chi connectivity index (χ4n) is 2.55. The molecule has 0 fully saturated rings. The Labute approximate surface area is 123 Å². The number of nitrogens with one attached hydrogen (secondary N) is 1. The van der Waals surface area contributed by atoms with Gasteiger partial charge in [-0.2, -0.15) is 13.2 Å². The maximum absolute atomic E-state index is 12.2. The van der Waals surface area contributed by atoms with Crippen LogP contribution in [0.4, 0.5) is 13.2 Å². The molecule has 0 aliphatic carbocycles. The topological polar surface area (TPSA) is 12.0 Å². The maximum atomic E-state index is 12.2. The SMILES string of the molecule is CNC(CCCC(F)(F)F)Cc1ccc2ccccc2c1. The molecular formula is C17H20F3N. The van der Waals surface area contributed by atoms with Gasteiger partial charge in [-0.3, -0.25) is 0 Å². The van der Waals surface area contributed by atoms with Crippen molar-refractivity contribution in [3.63, 3.8) is 0 Å². The first-order valence-electron chi connectivity index (χ1n) is 7.19. The standard InChI is InChI=1S/C17H20F3N/c1-21-16(7-4-10-17(18,19)20)12-13-8-9-14-5-2-3-6-15(14)11-13/h2-3,5-6,8-9,11,16,21H,4,7,10,12H2,1H3. The van der Waals surface area contributed by atoms with Gasteiger partial charge >= 0.3 is 6.18 Å². The normalized spacial score (nSPS) is 13.5. The number of hydrogen-bond donors (Lipinski definition) is 1. The summed E-state index contributed by atoms with van der Waals surface area (Å²) in [6.45, 7) is 0. The summed E-state index contributed by atoms with van der Waals surface area (Å²) in [5.74, 6) is 0. The molecule has 0 spiro atoms. The van der Waals surface area contributed by atoms with Crippen molar-refractivity contribution >= 4 is 10.8 Å². The first-order valence-corrected chi connectivity index (χ1v) is 7.19. The van der Waals surface area contributed by atoms with Gasteiger partial charge in [0.05, 0.1) is 0 Å². The van der Waals surface area contributed by atoms with Gasteiger partial charge in [-0.15, -0.1) is 0 Å². The van der Waals surface area contributed by atoms with Gasteiger partial charge in [0.25, 0.3) is 0 Å². The monoisotopic (exact) mass is 295 g/mol. The Bertz CT molecular complexity index is 578. The fraction of sp³-hybridized carbons (Fsp3) is 0.412. The Morgan fingerprint density at radius 2 is 1.76 bits per heavy atom. The van der Waals surface area contributed by atoms with Crippen LogP contribution in [0.5, 0.6) is 0 Å². The Morgan fingerprint density at radius 1 is 1.05 bits per heavy atom. The molecule has 0 heterocycles. The molecule has 0 bridgehead atoms. The summed E-state index contributed by atoms with van der Waals surface area (Å²) in [4.78, 5) is 0. The summed E-state index contributed by atoms with van der Waals surface area (Å²) < 4.78 is 36.6. The Morgan fingerprint density at radius 3 is 2.43 bits per heavy atom. The van der Waals surface area contributed by atoms with Crippen LogP contribution in [0.3, 0.4) is 0 Å². The molecule has 2 rings (SSSR count). The molecule has 1 N–H and O–H groups in total. The second kappa shape index (κ2) is 6.94. The van der Waals surface area contributed by atoms with Gasteiger partial charge < -0.3 is 5.32 Å². The van der Waals surface area contributed by atoms with Gasteiger partial charge in [0, 0.05) is 12.5 Å². The summed E-state index contributed by atoms with van der Waals surface area (Å²) in [5.41, 5.74) is 1.15. The van der Waals surface area contributed by atoms with Crippen molar-refractivity contribution in [2.75, 3.05) is 7.05 Å². The number of alkyl halides is 3. The molecular weight excluding hydrogens is 275 g/mol. The molecule has 114 valence electrons. The third-order valence-corrected chi connectivity index (χ3v) is 3.72. The second-order valence-corrected chi connectivity index (χ2v) is 5.38. The van der Waals surface area contributed by atoms with Crippen LogP contribution in [0.25, 0.3) is 10.8 Å². The fourth-order valence-corrected chi connectivity index (χ4v) is 2.55. The van der Waals surface area contributed by atoms with Crippen LogP contribution in [0, 0.1) is 0 Å². The largest absolute Gasteiger partial charge is 0.389 e. The average molecular weight is 295 g/mol. The molecule has 0 radical (unpaired) electrons. The van der Waals surface area contributed by atoms with Crippen molar-refractivity contribution in [3.05, 3.63) is 48.0 Å². The summed E-state index contributed by atoms with van der Waals surface area (Å²) in [5, 5.41) is 5.46. The lowest BCUT2D eigenvalue weighted by Gasteiger charge is -2.17. The molecule has 0 saturated heterocycles. The van der Waals surface area contributed by atoms with E-state index in [1.807, 2.05) is 12.1 Å². The lowest BCUT2D eigenvalue weighted by Crippen LogP contribution is -2.28. The van der Waals surface area contributed by atoms with Gasteiger partial charge in [-0.1, -0.05) is 42.5 Å². The van der Waals surface area contributed by atoms with Crippen LogP contribution >= 0.6 is 0 Å². The Balaban J connectivity index is 1.96. The Kier molecular flexibility index (Phi) is 5.23. The van der Waals surface area contributed by atoms with E-state index in [-0.39, 0.29) is 12.5 Å². The van der Waals surface area contributed by atoms with Gasteiger partial charge in [0.1, 0.15) is 0 Å². The van der Waals surface area contributed by atoms with E-state index in [0.29, 0.717) is 6.42 Å². The number of hydrogen-bond acceptors (Lipinski definition) is 1. The highest BCUT2D eigenvalue weighted by Crippen LogP contribution is 2.23. The second-order valence-electron chi connectivity index (χ2n) is 5.38. The minimum absolute atomic E-state index is 0.0773. The van der Waals surface area contributed by atoms with E-state index in [2.05, 4.69) is 35.6 Å². The molecule has 1 unspecified atom stereocenters. The van der Waals surface area contributed by atoms with Crippen molar-refractivity contribution in [1.29, 1.82) is 0 Å². The molecule has 4 heteroatoms. The number of halogens is 3. The summed E-state index contributed by atoms with van der Waals surface area (Å²) in [7, 11) is 1.80. The minimum Gasteiger partial charge on any atom is -0.317 e. The highest BCUT2D eigenvalue weighted by atomic mass is 19.4. The van der Waals surface area contributed by atoms with E-state index in [9.17, 15) is 13.2 Å². The average Bonchev–Trinajstić information content (AvgIpc) is 2.45. The molecule has 0 amide bonds. The van der Waals surface area contributed by atoms with Crippen molar-refractivity contribution in [2.45, 2.75) is 37.9 Å². The quantitative estimate of drug-likeness (QED) is 0.814. The van der Waals surface area contributed by atoms with E-state index in [4.69, 9.17) is 0 Å². The summed E-state index contributed by atoms with van der Waals surface area (Å²) >= 11 is 0. The molecule has 2 aromatic rings. The van der Waals surface area contributed by atoms with E-state index in [1.165, 1.54) is 10.8 Å². The van der Waals surface area contributed by atoms with E-state index in [0.717, 1.165) is 12.0 Å².